The van der Waals surface area contributed by atoms with E-state index in [0.717, 1.165) is 22.3 Å². The lowest BCUT2D eigenvalue weighted by Gasteiger charge is -2.17. The summed E-state index contributed by atoms with van der Waals surface area (Å²) in [5.74, 6) is -1.26. The molecule has 0 aliphatic heterocycles. The highest BCUT2D eigenvalue weighted by Crippen LogP contribution is 2.44. The standard InChI is InChI=1S/C29H29ClN2O6/c30-25-14-6-1-9-19(25)17-37-28(35)31-16-8-7-15-26(27(33)34)32-29(36)38-18-24-22-12-4-2-10-20(22)21-11-3-5-13-23(21)24/h1-6,9-14,24,26H,7-8,15-18H2,(H,31,35)(H,32,36)(H,33,34)/t26-/m1/s1. The second-order valence-corrected chi connectivity index (χ2v) is 9.36. The van der Waals surface area contributed by atoms with E-state index in [1.165, 1.54) is 0 Å². The fraction of sp³-hybridized carbons (Fsp3) is 0.276. The van der Waals surface area contributed by atoms with E-state index in [2.05, 4.69) is 10.6 Å². The van der Waals surface area contributed by atoms with Gasteiger partial charge in [-0.3, -0.25) is 0 Å². The lowest BCUT2D eigenvalue weighted by molar-refractivity contribution is -0.139. The lowest BCUT2D eigenvalue weighted by atomic mass is 9.98. The molecule has 1 aliphatic rings. The molecule has 9 heteroatoms. The summed E-state index contributed by atoms with van der Waals surface area (Å²) in [4.78, 5) is 36.0. The van der Waals surface area contributed by atoms with E-state index in [-0.39, 0.29) is 25.6 Å². The van der Waals surface area contributed by atoms with Gasteiger partial charge in [0.25, 0.3) is 0 Å². The van der Waals surface area contributed by atoms with Crippen LogP contribution in [0.25, 0.3) is 11.1 Å². The summed E-state index contributed by atoms with van der Waals surface area (Å²) >= 11 is 6.04. The van der Waals surface area contributed by atoms with Gasteiger partial charge in [-0.2, -0.15) is 0 Å². The van der Waals surface area contributed by atoms with Crippen molar-refractivity contribution < 1.29 is 29.0 Å². The van der Waals surface area contributed by atoms with Crippen LogP contribution in [0.4, 0.5) is 9.59 Å². The molecule has 0 bridgehead atoms. The maximum atomic E-state index is 12.5. The Morgan fingerprint density at radius 2 is 1.47 bits per heavy atom. The van der Waals surface area contributed by atoms with Crippen molar-refractivity contribution in [1.82, 2.24) is 10.6 Å². The highest BCUT2D eigenvalue weighted by atomic mass is 35.5. The van der Waals surface area contributed by atoms with Gasteiger partial charge in [0.05, 0.1) is 0 Å². The molecule has 198 valence electrons. The first-order valence-electron chi connectivity index (χ1n) is 12.4. The number of ether oxygens (including phenoxy) is 2. The van der Waals surface area contributed by atoms with Gasteiger partial charge in [0.2, 0.25) is 0 Å². The maximum Gasteiger partial charge on any atom is 0.407 e. The van der Waals surface area contributed by atoms with Crippen LogP contribution >= 0.6 is 11.6 Å². The van der Waals surface area contributed by atoms with E-state index in [9.17, 15) is 19.5 Å². The summed E-state index contributed by atoms with van der Waals surface area (Å²) < 4.78 is 10.6. The van der Waals surface area contributed by atoms with Crippen molar-refractivity contribution in [2.24, 2.45) is 0 Å². The molecule has 38 heavy (non-hydrogen) atoms. The molecule has 3 aromatic carbocycles. The quantitative estimate of drug-likeness (QED) is 0.270. The topological polar surface area (TPSA) is 114 Å². The molecule has 3 aromatic rings. The van der Waals surface area contributed by atoms with Gasteiger partial charge in [-0.1, -0.05) is 78.3 Å². The second-order valence-electron chi connectivity index (χ2n) is 8.95. The number of aliphatic carboxylic acids is 1. The predicted octanol–water partition coefficient (Wildman–Crippen LogP) is 5.73. The molecule has 0 saturated heterocycles. The summed E-state index contributed by atoms with van der Waals surface area (Å²) in [5, 5.41) is 15.1. The number of unbranched alkanes of at least 4 members (excludes halogenated alkanes) is 1. The van der Waals surface area contributed by atoms with E-state index in [1.807, 2.05) is 48.5 Å². The van der Waals surface area contributed by atoms with Crippen molar-refractivity contribution in [3.05, 3.63) is 94.5 Å². The molecule has 2 amide bonds. The molecule has 0 spiro atoms. The monoisotopic (exact) mass is 536 g/mol. The molecule has 0 aromatic heterocycles. The summed E-state index contributed by atoms with van der Waals surface area (Å²) in [6.07, 6.45) is -0.199. The third kappa shape index (κ3) is 6.83. The van der Waals surface area contributed by atoms with Crippen molar-refractivity contribution in [3.63, 3.8) is 0 Å². The first kappa shape index (κ1) is 27.0. The Kier molecular flexibility index (Phi) is 9.21. The number of halogens is 1. The van der Waals surface area contributed by atoms with Gasteiger partial charge in [0.15, 0.2) is 0 Å². The van der Waals surface area contributed by atoms with Gasteiger partial charge in [-0.15, -0.1) is 0 Å². The number of carbonyl (C=O) groups excluding carboxylic acids is 2. The minimum absolute atomic E-state index is 0.0522. The Bertz CT molecular complexity index is 1250. The minimum Gasteiger partial charge on any atom is -0.480 e. The third-order valence-electron chi connectivity index (χ3n) is 6.44. The summed E-state index contributed by atoms with van der Waals surface area (Å²) in [5.41, 5.74) is 5.08. The number of hydrogen-bond acceptors (Lipinski definition) is 5. The van der Waals surface area contributed by atoms with Gasteiger partial charge in [-0.05, 0) is 47.6 Å². The predicted molar refractivity (Wildman–Crippen MR) is 143 cm³/mol. The number of fused-ring (bicyclic) bond motifs is 3. The van der Waals surface area contributed by atoms with Crippen LogP contribution in [0.5, 0.6) is 0 Å². The number of alkyl carbamates (subject to hydrolysis) is 2. The smallest absolute Gasteiger partial charge is 0.407 e. The fourth-order valence-corrected chi connectivity index (χ4v) is 4.70. The molecule has 1 atom stereocenters. The number of carboxylic acid groups (broad SMARTS) is 1. The maximum absolute atomic E-state index is 12.5. The normalized spacial score (nSPS) is 12.7. The SMILES string of the molecule is O=C(NCCCC[C@@H](NC(=O)OCC1c2ccccc2-c2ccccc21)C(=O)O)OCc1ccccc1Cl. The Labute approximate surface area is 225 Å². The van der Waals surface area contributed by atoms with Crippen molar-refractivity contribution in [2.75, 3.05) is 13.2 Å². The minimum atomic E-state index is -1.15. The molecule has 0 saturated carbocycles. The molecule has 0 radical (unpaired) electrons. The number of hydrogen-bond donors (Lipinski definition) is 3. The van der Waals surface area contributed by atoms with Crippen LogP contribution in [0.3, 0.4) is 0 Å². The van der Waals surface area contributed by atoms with Gasteiger partial charge < -0.3 is 25.2 Å². The second kappa shape index (κ2) is 13.0. The number of nitrogens with one attached hydrogen (secondary N) is 2. The zero-order chi connectivity index (χ0) is 26.9. The van der Waals surface area contributed by atoms with Crippen LogP contribution in [0, 0.1) is 0 Å². The third-order valence-corrected chi connectivity index (χ3v) is 6.81. The number of benzene rings is 3. The molecule has 1 aliphatic carbocycles. The van der Waals surface area contributed by atoms with Crippen LogP contribution in [0.15, 0.2) is 72.8 Å². The molecule has 3 N–H and O–H groups in total. The van der Waals surface area contributed by atoms with Crippen molar-refractivity contribution >= 4 is 29.8 Å². The van der Waals surface area contributed by atoms with E-state index >= 15 is 0 Å². The molecule has 0 heterocycles. The summed E-state index contributed by atoms with van der Waals surface area (Å²) in [7, 11) is 0. The van der Waals surface area contributed by atoms with Gasteiger partial charge in [0, 0.05) is 23.0 Å². The average molecular weight is 537 g/mol. The van der Waals surface area contributed by atoms with E-state index < -0.39 is 24.2 Å². The van der Waals surface area contributed by atoms with E-state index in [0.29, 0.717) is 30.0 Å². The molecular formula is C29H29ClN2O6. The summed E-state index contributed by atoms with van der Waals surface area (Å²) in [6, 6.07) is 21.9. The zero-order valence-electron chi connectivity index (χ0n) is 20.7. The Balaban J connectivity index is 1.18. The van der Waals surface area contributed by atoms with Crippen LogP contribution in [0.1, 0.15) is 41.9 Å². The molecule has 4 rings (SSSR count). The van der Waals surface area contributed by atoms with E-state index in [4.69, 9.17) is 21.1 Å². The fourth-order valence-electron chi connectivity index (χ4n) is 4.51. The van der Waals surface area contributed by atoms with Crippen molar-refractivity contribution in [3.8, 4) is 11.1 Å². The first-order valence-corrected chi connectivity index (χ1v) is 12.8. The van der Waals surface area contributed by atoms with Crippen molar-refractivity contribution in [1.29, 1.82) is 0 Å². The molecular weight excluding hydrogens is 508 g/mol. The zero-order valence-corrected chi connectivity index (χ0v) is 21.4. The Morgan fingerprint density at radius 3 is 2.13 bits per heavy atom. The van der Waals surface area contributed by atoms with Gasteiger partial charge >= 0.3 is 18.2 Å². The first-order chi connectivity index (χ1) is 18.4. The molecule has 0 unspecified atom stereocenters. The number of rotatable bonds is 11. The molecule has 0 fully saturated rings. The largest absolute Gasteiger partial charge is 0.480 e. The Morgan fingerprint density at radius 1 is 0.842 bits per heavy atom. The van der Waals surface area contributed by atoms with Crippen molar-refractivity contribution in [2.45, 2.75) is 37.8 Å². The number of carbonyl (C=O) groups is 3. The molecule has 8 nitrogen and oxygen atoms in total. The number of carboxylic acids is 1. The van der Waals surface area contributed by atoms with Crippen LogP contribution in [-0.2, 0) is 20.9 Å². The Hall–Kier alpha value is -4.04. The van der Waals surface area contributed by atoms with Crippen LogP contribution in [0.2, 0.25) is 5.02 Å². The van der Waals surface area contributed by atoms with Gasteiger partial charge in [-0.25, -0.2) is 14.4 Å². The van der Waals surface area contributed by atoms with Crippen LogP contribution < -0.4 is 10.6 Å². The highest BCUT2D eigenvalue weighted by Gasteiger charge is 2.29. The van der Waals surface area contributed by atoms with E-state index in [1.54, 1.807) is 24.3 Å². The van der Waals surface area contributed by atoms with Crippen LogP contribution in [-0.4, -0.2) is 42.5 Å². The van der Waals surface area contributed by atoms with Gasteiger partial charge in [0.1, 0.15) is 19.3 Å². The lowest BCUT2D eigenvalue weighted by Crippen LogP contribution is -2.41. The highest BCUT2D eigenvalue weighted by molar-refractivity contribution is 6.31. The number of amides is 2. The average Bonchev–Trinajstić information content (AvgIpc) is 3.24. The summed E-state index contributed by atoms with van der Waals surface area (Å²) in [6.45, 7) is 0.460.